The van der Waals surface area contributed by atoms with Gasteiger partial charge in [0.15, 0.2) is 5.82 Å². The van der Waals surface area contributed by atoms with Gasteiger partial charge in [-0.1, -0.05) is 24.3 Å². The molecule has 0 aliphatic carbocycles. The molecule has 8 heteroatoms. The molecule has 1 aromatic carbocycles. The summed E-state index contributed by atoms with van der Waals surface area (Å²) < 4.78 is 1.96. The SMILES string of the molecule is Cc1nnc(N2CCC(C(=O)NCc3ccccn3)CC2)c2nn(-c3ccccc3)c(C)c12. The Balaban J connectivity index is 1.32. The van der Waals surface area contributed by atoms with Crippen LogP contribution in [0.3, 0.4) is 0 Å². The number of amides is 1. The first-order chi connectivity index (χ1) is 16.1. The summed E-state index contributed by atoms with van der Waals surface area (Å²) in [6, 6.07) is 15.8. The topological polar surface area (TPSA) is 88.8 Å². The summed E-state index contributed by atoms with van der Waals surface area (Å²) >= 11 is 0. The Labute approximate surface area is 192 Å². The first-order valence-electron chi connectivity index (χ1n) is 11.3. The molecule has 33 heavy (non-hydrogen) atoms. The minimum atomic E-state index is -0.0116. The molecule has 1 fully saturated rings. The van der Waals surface area contributed by atoms with Gasteiger partial charge in [0.2, 0.25) is 5.91 Å². The maximum Gasteiger partial charge on any atom is 0.223 e. The highest BCUT2D eigenvalue weighted by molar-refractivity contribution is 5.92. The smallest absolute Gasteiger partial charge is 0.223 e. The lowest BCUT2D eigenvalue weighted by molar-refractivity contribution is -0.125. The quantitative estimate of drug-likeness (QED) is 0.511. The summed E-state index contributed by atoms with van der Waals surface area (Å²) in [6.45, 7) is 5.98. The van der Waals surface area contributed by atoms with E-state index >= 15 is 0 Å². The number of pyridine rings is 1. The molecule has 1 saturated heterocycles. The van der Waals surface area contributed by atoms with E-state index in [1.165, 1.54) is 0 Å². The maximum absolute atomic E-state index is 12.7. The molecule has 168 valence electrons. The molecule has 5 rings (SSSR count). The molecule has 0 unspecified atom stereocenters. The number of carbonyl (C=O) groups excluding carboxylic acids is 1. The molecular weight excluding hydrogens is 414 g/mol. The average molecular weight is 442 g/mol. The molecule has 0 spiro atoms. The van der Waals surface area contributed by atoms with Crippen molar-refractivity contribution in [1.82, 2.24) is 30.3 Å². The van der Waals surface area contributed by atoms with E-state index in [4.69, 9.17) is 5.10 Å². The van der Waals surface area contributed by atoms with Gasteiger partial charge in [-0.05, 0) is 51.0 Å². The van der Waals surface area contributed by atoms with Gasteiger partial charge in [-0.3, -0.25) is 9.78 Å². The fourth-order valence-corrected chi connectivity index (χ4v) is 4.52. The van der Waals surface area contributed by atoms with Gasteiger partial charge in [0.25, 0.3) is 0 Å². The zero-order valence-electron chi connectivity index (χ0n) is 18.9. The van der Waals surface area contributed by atoms with E-state index in [-0.39, 0.29) is 11.8 Å². The molecule has 1 amide bonds. The second kappa shape index (κ2) is 8.97. The lowest BCUT2D eigenvalue weighted by Crippen LogP contribution is -2.41. The zero-order chi connectivity index (χ0) is 22.8. The number of benzene rings is 1. The molecule has 0 saturated carbocycles. The molecule has 8 nitrogen and oxygen atoms in total. The maximum atomic E-state index is 12.7. The largest absolute Gasteiger partial charge is 0.353 e. The number of anilines is 1. The van der Waals surface area contributed by atoms with E-state index in [0.29, 0.717) is 6.54 Å². The van der Waals surface area contributed by atoms with Gasteiger partial charge in [-0.2, -0.15) is 10.2 Å². The Kier molecular flexibility index (Phi) is 5.73. The third kappa shape index (κ3) is 4.16. The Morgan fingerprint density at radius 1 is 1.03 bits per heavy atom. The highest BCUT2D eigenvalue weighted by atomic mass is 16.1. The van der Waals surface area contributed by atoms with Crippen LogP contribution in [0.1, 0.15) is 29.9 Å². The van der Waals surface area contributed by atoms with Crippen LogP contribution < -0.4 is 10.2 Å². The number of aryl methyl sites for hydroxylation is 2. The number of carbonyl (C=O) groups is 1. The molecule has 1 aliphatic heterocycles. The molecule has 1 N–H and O–H groups in total. The van der Waals surface area contributed by atoms with Crippen LogP contribution in [0.25, 0.3) is 16.6 Å². The standard InChI is InChI=1S/C25H27N7O/c1-17-22-18(2)32(21-9-4-3-5-10-21)30-23(22)24(29-28-17)31-14-11-19(12-15-31)25(33)27-16-20-8-6-7-13-26-20/h3-10,13,19H,11-12,14-16H2,1-2H3,(H,27,33). The van der Waals surface area contributed by atoms with Crippen molar-refractivity contribution in [2.24, 2.45) is 5.92 Å². The zero-order valence-corrected chi connectivity index (χ0v) is 18.9. The van der Waals surface area contributed by atoms with Crippen molar-refractivity contribution in [3.05, 3.63) is 71.8 Å². The van der Waals surface area contributed by atoms with Crippen LogP contribution in [0.15, 0.2) is 54.7 Å². The first-order valence-corrected chi connectivity index (χ1v) is 11.3. The van der Waals surface area contributed by atoms with Gasteiger partial charge in [0.05, 0.1) is 34.7 Å². The van der Waals surface area contributed by atoms with Crippen LogP contribution in [0, 0.1) is 19.8 Å². The van der Waals surface area contributed by atoms with E-state index in [2.05, 4.69) is 32.3 Å². The van der Waals surface area contributed by atoms with Crippen molar-refractivity contribution in [2.45, 2.75) is 33.2 Å². The lowest BCUT2D eigenvalue weighted by Gasteiger charge is -2.31. The first kappa shape index (κ1) is 21.1. The van der Waals surface area contributed by atoms with Crippen molar-refractivity contribution in [1.29, 1.82) is 0 Å². The Hall–Kier alpha value is -3.81. The van der Waals surface area contributed by atoms with Crippen LogP contribution in [-0.4, -0.2) is 44.0 Å². The fraction of sp³-hybridized carbons (Fsp3) is 0.320. The molecule has 0 radical (unpaired) electrons. The summed E-state index contributed by atoms with van der Waals surface area (Å²) in [6.07, 6.45) is 3.27. The summed E-state index contributed by atoms with van der Waals surface area (Å²) in [5.74, 6) is 0.868. The third-order valence-corrected chi connectivity index (χ3v) is 6.32. The average Bonchev–Trinajstić information content (AvgIpc) is 3.22. The van der Waals surface area contributed by atoms with E-state index in [1.807, 2.05) is 60.1 Å². The van der Waals surface area contributed by atoms with Gasteiger partial charge in [-0.25, -0.2) is 4.68 Å². The number of hydrogen-bond acceptors (Lipinski definition) is 6. The highest BCUT2D eigenvalue weighted by Crippen LogP contribution is 2.31. The fourth-order valence-electron chi connectivity index (χ4n) is 4.52. The normalized spacial score (nSPS) is 14.5. The Morgan fingerprint density at radius 3 is 2.52 bits per heavy atom. The van der Waals surface area contributed by atoms with Gasteiger partial charge in [-0.15, -0.1) is 5.10 Å². The predicted octanol–water partition coefficient (Wildman–Crippen LogP) is 3.36. The van der Waals surface area contributed by atoms with Crippen LogP contribution in [-0.2, 0) is 11.3 Å². The van der Waals surface area contributed by atoms with Crippen LogP contribution >= 0.6 is 0 Å². The van der Waals surface area contributed by atoms with Crippen molar-refractivity contribution >= 4 is 22.6 Å². The van der Waals surface area contributed by atoms with Gasteiger partial charge in [0.1, 0.15) is 5.52 Å². The number of aromatic nitrogens is 5. The Morgan fingerprint density at radius 2 is 1.79 bits per heavy atom. The number of nitrogens with zero attached hydrogens (tertiary/aromatic N) is 6. The van der Waals surface area contributed by atoms with Gasteiger partial charge in [0, 0.05) is 25.2 Å². The molecule has 4 aromatic rings. The third-order valence-electron chi connectivity index (χ3n) is 6.32. The summed E-state index contributed by atoms with van der Waals surface area (Å²) in [7, 11) is 0. The molecule has 1 aliphatic rings. The number of fused-ring (bicyclic) bond motifs is 1. The van der Waals surface area contributed by atoms with Gasteiger partial charge < -0.3 is 10.2 Å². The van der Waals surface area contributed by atoms with Crippen molar-refractivity contribution < 1.29 is 4.79 Å². The van der Waals surface area contributed by atoms with Crippen molar-refractivity contribution in [2.75, 3.05) is 18.0 Å². The highest BCUT2D eigenvalue weighted by Gasteiger charge is 2.28. The lowest BCUT2D eigenvalue weighted by atomic mass is 9.95. The van der Waals surface area contributed by atoms with E-state index in [1.54, 1.807) is 6.20 Å². The summed E-state index contributed by atoms with van der Waals surface area (Å²) in [5, 5.41) is 17.9. The minimum absolute atomic E-state index is 0.0116. The number of nitrogens with one attached hydrogen (secondary N) is 1. The Bertz CT molecular complexity index is 1260. The summed E-state index contributed by atoms with van der Waals surface area (Å²) in [4.78, 5) is 19.2. The number of para-hydroxylation sites is 1. The van der Waals surface area contributed by atoms with Crippen molar-refractivity contribution in [3.8, 4) is 5.69 Å². The predicted molar refractivity (Wildman–Crippen MR) is 127 cm³/mol. The van der Waals surface area contributed by atoms with Gasteiger partial charge >= 0.3 is 0 Å². The van der Waals surface area contributed by atoms with E-state index < -0.39 is 0 Å². The second-order valence-electron chi connectivity index (χ2n) is 8.47. The molecule has 0 bridgehead atoms. The van der Waals surface area contributed by atoms with Crippen LogP contribution in [0.5, 0.6) is 0 Å². The minimum Gasteiger partial charge on any atom is -0.353 e. The molecule has 3 aromatic heterocycles. The molecular formula is C25H27N7O. The number of piperidine rings is 1. The monoisotopic (exact) mass is 441 g/mol. The van der Waals surface area contributed by atoms with E-state index in [9.17, 15) is 4.79 Å². The molecule has 4 heterocycles. The molecule has 0 atom stereocenters. The second-order valence-corrected chi connectivity index (χ2v) is 8.47. The van der Waals surface area contributed by atoms with Crippen LogP contribution in [0.4, 0.5) is 5.82 Å². The number of hydrogen-bond donors (Lipinski definition) is 1. The van der Waals surface area contributed by atoms with Crippen molar-refractivity contribution in [3.63, 3.8) is 0 Å². The van der Waals surface area contributed by atoms with E-state index in [0.717, 1.165) is 65.4 Å². The number of rotatable bonds is 5. The summed E-state index contributed by atoms with van der Waals surface area (Å²) in [5.41, 5.74) is 4.66. The van der Waals surface area contributed by atoms with Crippen LogP contribution in [0.2, 0.25) is 0 Å².